The molecule has 84 valence electrons. The summed E-state index contributed by atoms with van der Waals surface area (Å²) in [6, 6.07) is 0. The average Bonchev–Trinajstić information content (AvgIpc) is 2.92. The maximum atomic E-state index is 12.3. The number of aromatic nitrogens is 3. The van der Waals surface area contributed by atoms with Crippen molar-refractivity contribution in [3.05, 3.63) is 11.4 Å². The van der Waals surface area contributed by atoms with Crippen molar-refractivity contribution < 1.29 is 8.78 Å². The molecule has 1 saturated carbocycles. The molecule has 0 aliphatic heterocycles. The van der Waals surface area contributed by atoms with Gasteiger partial charge in [0.15, 0.2) is 0 Å². The number of hydrogen-bond donors (Lipinski definition) is 1. The summed E-state index contributed by atoms with van der Waals surface area (Å²) < 4.78 is 25.9. The van der Waals surface area contributed by atoms with Crippen molar-refractivity contribution >= 4 is 0 Å². The lowest BCUT2D eigenvalue weighted by molar-refractivity contribution is 0.119. The van der Waals surface area contributed by atoms with Crippen LogP contribution in [-0.2, 0) is 13.0 Å². The van der Waals surface area contributed by atoms with Crippen LogP contribution in [0.5, 0.6) is 0 Å². The standard InChI is InChI=1S/C9H14F2N4/c10-8(11)5-15-9(6-1-2-6)7(3-4-12)13-14-15/h6,8H,1-5,12H2. The second-order valence-electron chi connectivity index (χ2n) is 3.81. The third kappa shape index (κ3) is 2.31. The van der Waals surface area contributed by atoms with Crippen LogP contribution < -0.4 is 5.73 Å². The summed E-state index contributed by atoms with van der Waals surface area (Å²) in [5.74, 6) is 0.375. The van der Waals surface area contributed by atoms with Gasteiger partial charge in [0.1, 0.15) is 6.54 Å². The minimum absolute atomic E-state index is 0.358. The van der Waals surface area contributed by atoms with Crippen molar-refractivity contribution in [3.63, 3.8) is 0 Å². The molecule has 0 amide bonds. The van der Waals surface area contributed by atoms with Gasteiger partial charge in [0, 0.05) is 12.3 Å². The summed E-state index contributed by atoms with van der Waals surface area (Å²) in [6.07, 6.45) is 0.340. The Kier molecular flexibility index (Phi) is 2.95. The van der Waals surface area contributed by atoms with Crippen LogP contribution in [0.1, 0.15) is 30.1 Å². The first-order valence-electron chi connectivity index (χ1n) is 5.13. The first-order chi connectivity index (χ1) is 7.22. The Hall–Kier alpha value is -1.04. The molecule has 1 aliphatic carbocycles. The van der Waals surface area contributed by atoms with E-state index >= 15 is 0 Å². The molecule has 15 heavy (non-hydrogen) atoms. The molecule has 0 radical (unpaired) electrons. The van der Waals surface area contributed by atoms with Gasteiger partial charge in [-0.25, -0.2) is 13.5 Å². The van der Waals surface area contributed by atoms with Crippen LogP contribution in [0.3, 0.4) is 0 Å². The topological polar surface area (TPSA) is 56.7 Å². The molecule has 2 rings (SSSR count). The number of nitrogens with two attached hydrogens (primary N) is 1. The van der Waals surface area contributed by atoms with Crippen molar-refractivity contribution in [2.45, 2.75) is 38.2 Å². The van der Waals surface area contributed by atoms with Gasteiger partial charge in [0.2, 0.25) is 0 Å². The minimum atomic E-state index is -2.38. The molecule has 0 atom stereocenters. The van der Waals surface area contributed by atoms with Crippen LogP contribution >= 0.6 is 0 Å². The summed E-state index contributed by atoms with van der Waals surface area (Å²) in [5.41, 5.74) is 7.10. The Bertz CT molecular complexity index is 333. The molecule has 1 fully saturated rings. The highest BCUT2D eigenvalue weighted by molar-refractivity contribution is 5.20. The summed E-state index contributed by atoms with van der Waals surface area (Å²) in [6.45, 7) is 0.122. The van der Waals surface area contributed by atoms with Gasteiger partial charge in [0.05, 0.1) is 11.4 Å². The number of rotatable bonds is 5. The first-order valence-corrected chi connectivity index (χ1v) is 5.13. The molecule has 6 heteroatoms. The second-order valence-corrected chi connectivity index (χ2v) is 3.81. The summed E-state index contributed by atoms with van der Waals surface area (Å²) in [5, 5.41) is 7.69. The van der Waals surface area contributed by atoms with Crippen molar-refractivity contribution in [3.8, 4) is 0 Å². The monoisotopic (exact) mass is 216 g/mol. The van der Waals surface area contributed by atoms with Crippen molar-refractivity contribution in [2.75, 3.05) is 6.54 Å². The fraction of sp³-hybridized carbons (Fsp3) is 0.778. The molecule has 0 spiro atoms. The van der Waals surface area contributed by atoms with E-state index in [2.05, 4.69) is 10.3 Å². The van der Waals surface area contributed by atoms with Crippen molar-refractivity contribution in [1.29, 1.82) is 0 Å². The van der Waals surface area contributed by atoms with Crippen LogP contribution in [0.15, 0.2) is 0 Å². The van der Waals surface area contributed by atoms with E-state index in [1.54, 1.807) is 0 Å². The van der Waals surface area contributed by atoms with Gasteiger partial charge in [-0.1, -0.05) is 5.21 Å². The van der Waals surface area contributed by atoms with E-state index in [9.17, 15) is 8.78 Å². The predicted molar refractivity (Wildman–Crippen MR) is 50.8 cm³/mol. The molecule has 0 unspecified atom stereocenters. The summed E-state index contributed by atoms with van der Waals surface area (Å²) in [4.78, 5) is 0. The van der Waals surface area contributed by atoms with Crippen molar-refractivity contribution in [2.24, 2.45) is 5.73 Å². The van der Waals surface area contributed by atoms with Gasteiger partial charge < -0.3 is 5.73 Å². The molecule has 0 bridgehead atoms. The van der Waals surface area contributed by atoms with Gasteiger partial charge in [-0.15, -0.1) is 5.10 Å². The molecule has 0 saturated heterocycles. The molecule has 4 nitrogen and oxygen atoms in total. The van der Waals surface area contributed by atoms with E-state index in [0.717, 1.165) is 24.2 Å². The van der Waals surface area contributed by atoms with E-state index in [4.69, 9.17) is 5.73 Å². The minimum Gasteiger partial charge on any atom is -0.330 e. The van der Waals surface area contributed by atoms with Gasteiger partial charge in [-0.05, 0) is 19.4 Å². The van der Waals surface area contributed by atoms with Crippen molar-refractivity contribution in [1.82, 2.24) is 15.0 Å². The average molecular weight is 216 g/mol. The Morgan fingerprint density at radius 3 is 2.73 bits per heavy atom. The Labute approximate surface area is 86.4 Å². The highest BCUT2D eigenvalue weighted by Gasteiger charge is 2.31. The zero-order valence-corrected chi connectivity index (χ0v) is 8.37. The van der Waals surface area contributed by atoms with E-state index in [1.807, 2.05) is 0 Å². The second kappa shape index (κ2) is 4.22. The highest BCUT2D eigenvalue weighted by Crippen LogP contribution is 2.41. The summed E-state index contributed by atoms with van der Waals surface area (Å²) >= 11 is 0. The fourth-order valence-electron chi connectivity index (χ4n) is 1.74. The maximum absolute atomic E-state index is 12.3. The van der Waals surface area contributed by atoms with Crippen LogP contribution in [0, 0.1) is 0 Å². The first kappa shape index (κ1) is 10.5. The molecule has 1 aromatic rings. The molecule has 1 aromatic heterocycles. The van der Waals surface area contributed by atoms with Crippen LogP contribution in [0.25, 0.3) is 0 Å². The number of hydrogen-bond acceptors (Lipinski definition) is 3. The van der Waals surface area contributed by atoms with E-state index in [-0.39, 0.29) is 6.54 Å². The van der Waals surface area contributed by atoms with Crippen LogP contribution in [0.2, 0.25) is 0 Å². The number of alkyl halides is 2. The quantitative estimate of drug-likeness (QED) is 0.796. The van der Waals surface area contributed by atoms with Gasteiger partial charge in [-0.3, -0.25) is 0 Å². The zero-order valence-electron chi connectivity index (χ0n) is 8.37. The van der Waals surface area contributed by atoms with E-state index in [0.29, 0.717) is 18.9 Å². The van der Waals surface area contributed by atoms with Crippen LogP contribution in [0.4, 0.5) is 8.78 Å². The van der Waals surface area contributed by atoms with Gasteiger partial charge in [0.25, 0.3) is 6.43 Å². The molecule has 2 N–H and O–H groups in total. The number of nitrogens with zero attached hydrogens (tertiary/aromatic N) is 3. The molecule has 1 heterocycles. The van der Waals surface area contributed by atoms with E-state index < -0.39 is 6.43 Å². The fourth-order valence-corrected chi connectivity index (χ4v) is 1.74. The van der Waals surface area contributed by atoms with E-state index in [1.165, 1.54) is 4.68 Å². The molecular weight excluding hydrogens is 202 g/mol. The normalized spacial score (nSPS) is 16.3. The Morgan fingerprint density at radius 2 is 2.20 bits per heavy atom. The lowest BCUT2D eigenvalue weighted by atomic mass is 10.2. The smallest absolute Gasteiger partial charge is 0.257 e. The van der Waals surface area contributed by atoms with Gasteiger partial charge >= 0.3 is 0 Å². The van der Waals surface area contributed by atoms with Crippen LogP contribution in [-0.4, -0.2) is 28.0 Å². The third-order valence-electron chi connectivity index (χ3n) is 2.50. The summed E-state index contributed by atoms with van der Waals surface area (Å²) in [7, 11) is 0. The molecule has 0 aromatic carbocycles. The predicted octanol–water partition coefficient (Wildman–Crippen LogP) is 0.922. The molecular formula is C9H14F2N4. The largest absolute Gasteiger partial charge is 0.330 e. The Balaban J connectivity index is 2.21. The number of halogens is 2. The SMILES string of the molecule is NCCc1nnn(CC(F)F)c1C1CC1. The van der Waals surface area contributed by atoms with Gasteiger partial charge in [-0.2, -0.15) is 0 Å². The zero-order chi connectivity index (χ0) is 10.8. The third-order valence-corrected chi connectivity index (χ3v) is 2.50. The lowest BCUT2D eigenvalue weighted by Crippen LogP contribution is -2.12. The molecule has 1 aliphatic rings. The Morgan fingerprint density at radius 1 is 1.47 bits per heavy atom. The highest BCUT2D eigenvalue weighted by atomic mass is 19.3. The lowest BCUT2D eigenvalue weighted by Gasteiger charge is -2.05. The maximum Gasteiger partial charge on any atom is 0.257 e.